The van der Waals surface area contributed by atoms with Crippen LogP contribution in [-0.4, -0.2) is 30.6 Å². The van der Waals surface area contributed by atoms with Gasteiger partial charge < -0.3 is 10.2 Å². The average molecular weight is 299 g/mol. The second kappa shape index (κ2) is 5.61. The maximum absolute atomic E-state index is 6.10. The van der Waals surface area contributed by atoms with Crippen molar-refractivity contribution in [3.8, 4) is 0 Å². The third-order valence-electron chi connectivity index (χ3n) is 4.54. The van der Waals surface area contributed by atoms with Crippen LogP contribution in [0.3, 0.4) is 0 Å². The molecule has 0 aromatic heterocycles. The molecule has 0 saturated carbocycles. The Morgan fingerprint density at radius 2 is 2.00 bits per heavy atom. The van der Waals surface area contributed by atoms with E-state index in [-0.39, 0.29) is 0 Å². The first kappa shape index (κ1) is 13.7. The number of hydrogen-bond acceptors (Lipinski definition) is 2. The molecule has 4 unspecified atom stereocenters. The van der Waals surface area contributed by atoms with Gasteiger partial charge >= 0.3 is 0 Å². The molecule has 4 atom stereocenters. The summed E-state index contributed by atoms with van der Waals surface area (Å²) in [5.74, 6) is 0.818. The third kappa shape index (κ3) is 2.92. The highest BCUT2D eigenvalue weighted by molar-refractivity contribution is 6.42. The molecule has 1 N–H and O–H groups in total. The summed E-state index contributed by atoms with van der Waals surface area (Å²) in [7, 11) is 0. The second-order valence-electron chi connectivity index (χ2n) is 5.81. The van der Waals surface area contributed by atoms with Gasteiger partial charge in [-0.3, -0.25) is 0 Å². The Balaban J connectivity index is 1.67. The number of halogens is 2. The fourth-order valence-corrected chi connectivity index (χ4v) is 3.68. The van der Waals surface area contributed by atoms with Crippen LogP contribution in [0.4, 0.5) is 0 Å². The van der Waals surface area contributed by atoms with Crippen LogP contribution in [0, 0.1) is 5.92 Å². The Bertz CT molecular complexity index is 463. The van der Waals surface area contributed by atoms with E-state index in [0.717, 1.165) is 5.92 Å². The number of hydrogen-bond donors (Lipinski definition) is 1. The fourth-order valence-electron chi connectivity index (χ4n) is 3.37. The van der Waals surface area contributed by atoms with E-state index in [4.69, 9.17) is 23.2 Å². The van der Waals surface area contributed by atoms with E-state index in [1.165, 1.54) is 38.0 Å². The van der Waals surface area contributed by atoms with Gasteiger partial charge in [-0.15, -0.1) is 0 Å². The van der Waals surface area contributed by atoms with Gasteiger partial charge in [0, 0.05) is 18.6 Å². The summed E-state index contributed by atoms with van der Waals surface area (Å²) in [5, 5.41) is 5.05. The molecule has 2 aliphatic heterocycles. The topological polar surface area (TPSA) is 15.3 Å². The molecule has 4 heteroatoms. The maximum Gasteiger partial charge on any atom is 0.0595 e. The molecule has 2 bridgehead atoms. The molecular weight excluding hydrogens is 279 g/mol. The molecule has 1 aromatic carbocycles. The number of piperidine rings is 1. The zero-order valence-electron chi connectivity index (χ0n) is 11.2. The summed E-state index contributed by atoms with van der Waals surface area (Å²) >= 11 is 12.1. The molecule has 0 radical (unpaired) electrons. The summed E-state index contributed by atoms with van der Waals surface area (Å²) in [6.07, 6.45) is 2.60. The van der Waals surface area contributed by atoms with Gasteiger partial charge in [0.05, 0.1) is 10.0 Å². The monoisotopic (exact) mass is 298 g/mol. The summed E-state index contributed by atoms with van der Waals surface area (Å²) in [4.78, 5) is 2.58. The van der Waals surface area contributed by atoms with E-state index in [0.29, 0.717) is 22.1 Å². The lowest BCUT2D eigenvalue weighted by Crippen LogP contribution is -2.44. The van der Waals surface area contributed by atoms with Gasteiger partial charge in [0.25, 0.3) is 0 Å². The van der Waals surface area contributed by atoms with Crippen LogP contribution in [-0.2, 0) is 0 Å². The predicted octanol–water partition coefficient (Wildman–Crippen LogP) is 3.74. The SMILES string of the molecule is CC(NC1CCN2CCC1C2)c1ccc(Cl)c(Cl)c1. The molecular formula is C15H20Cl2N2. The van der Waals surface area contributed by atoms with Crippen molar-refractivity contribution in [1.29, 1.82) is 0 Å². The first-order valence-electron chi connectivity index (χ1n) is 7.07. The van der Waals surface area contributed by atoms with Crippen molar-refractivity contribution in [2.75, 3.05) is 19.6 Å². The molecule has 2 aliphatic rings. The van der Waals surface area contributed by atoms with Crippen molar-refractivity contribution in [2.24, 2.45) is 5.92 Å². The van der Waals surface area contributed by atoms with E-state index in [2.05, 4.69) is 23.2 Å². The van der Waals surface area contributed by atoms with Gasteiger partial charge in [-0.05, 0) is 56.5 Å². The van der Waals surface area contributed by atoms with Crippen LogP contribution in [0.5, 0.6) is 0 Å². The lowest BCUT2D eigenvalue weighted by molar-refractivity contribution is 0.212. The predicted molar refractivity (Wildman–Crippen MR) is 81.0 cm³/mol. The van der Waals surface area contributed by atoms with Crippen LogP contribution in [0.15, 0.2) is 18.2 Å². The van der Waals surface area contributed by atoms with Gasteiger partial charge in [0.15, 0.2) is 0 Å². The first-order chi connectivity index (χ1) is 9.13. The average Bonchev–Trinajstić information content (AvgIpc) is 2.79. The van der Waals surface area contributed by atoms with Crippen LogP contribution >= 0.6 is 23.2 Å². The number of nitrogens with one attached hydrogen (secondary N) is 1. The van der Waals surface area contributed by atoms with Crippen LogP contribution < -0.4 is 5.32 Å². The zero-order valence-corrected chi connectivity index (χ0v) is 12.7. The molecule has 0 aliphatic carbocycles. The van der Waals surface area contributed by atoms with Gasteiger partial charge in [-0.2, -0.15) is 0 Å². The summed E-state index contributed by atoms with van der Waals surface area (Å²) in [5.41, 5.74) is 1.22. The van der Waals surface area contributed by atoms with Crippen LogP contribution in [0.2, 0.25) is 10.0 Å². The molecule has 2 saturated heterocycles. The van der Waals surface area contributed by atoms with Gasteiger partial charge in [0.1, 0.15) is 0 Å². The number of nitrogens with zero attached hydrogens (tertiary/aromatic N) is 1. The van der Waals surface area contributed by atoms with Crippen molar-refractivity contribution in [3.63, 3.8) is 0 Å². The normalized spacial score (nSPS) is 31.4. The van der Waals surface area contributed by atoms with E-state index in [1.54, 1.807) is 0 Å². The highest BCUT2D eigenvalue weighted by Crippen LogP contribution is 2.30. The quantitative estimate of drug-likeness (QED) is 0.914. The highest BCUT2D eigenvalue weighted by atomic mass is 35.5. The Kier molecular flexibility index (Phi) is 4.04. The highest BCUT2D eigenvalue weighted by Gasteiger charge is 2.34. The Labute approximate surface area is 125 Å². The van der Waals surface area contributed by atoms with Crippen molar-refractivity contribution in [2.45, 2.75) is 31.8 Å². The first-order valence-corrected chi connectivity index (χ1v) is 7.82. The minimum absolute atomic E-state index is 0.326. The van der Waals surface area contributed by atoms with Crippen molar-refractivity contribution >= 4 is 23.2 Å². The smallest absolute Gasteiger partial charge is 0.0595 e. The van der Waals surface area contributed by atoms with E-state index in [9.17, 15) is 0 Å². The number of benzene rings is 1. The van der Waals surface area contributed by atoms with Crippen LogP contribution in [0.25, 0.3) is 0 Å². The van der Waals surface area contributed by atoms with Crippen LogP contribution in [0.1, 0.15) is 31.4 Å². The van der Waals surface area contributed by atoms with E-state index >= 15 is 0 Å². The molecule has 1 aromatic rings. The van der Waals surface area contributed by atoms with Gasteiger partial charge in [-0.1, -0.05) is 29.3 Å². The molecule has 2 fully saturated rings. The Morgan fingerprint density at radius 1 is 1.21 bits per heavy atom. The van der Waals surface area contributed by atoms with Crippen molar-refractivity contribution in [1.82, 2.24) is 10.2 Å². The number of rotatable bonds is 3. The summed E-state index contributed by atoms with van der Waals surface area (Å²) in [6, 6.07) is 6.89. The zero-order chi connectivity index (χ0) is 13.4. The molecule has 104 valence electrons. The molecule has 0 spiro atoms. The molecule has 19 heavy (non-hydrogen) atoms. The summed E-state index contributed by atoms with van der Waals surface area (Å²) < 4.78 is 0. The lowest BCUT2D eigenvalue weighted by Gasteiger charge is -2.33. The minimum Gasteiger partial charge on any atom is -0.307 e. The summed E-state index contributed by atoms with van der Waals surface area (Å²) in [6.45, 7) is 6.00. The van der Waals surface area contributed by atoms with E-state index < -0.39 is 0 Å². The van der Waals surface area contributed by atoms with E-state index in [1.807, 2.05) is 12.1 Å². The molecule has 2 nitrogen and oxygen atoms in total. The second-order valence-corrected chi connectivity index (χ2v) is 6.62. The maximum atomic E-state index is 6.10. The Morgan fingerprint density at radius 3 is 2.79 bits per heavy atom. The molecule has 2 heterocycles. The molecule has 0 amide bonds. The van der Waals surface area contributed by atoms with Gasteiger partial charge in [0.2, 0.25) is 0 Å². The Hall–Kier alpha value is -0.280. The largest absolute Gasteiger partial charge is 0.307 e. The van der Waals surface area contributed by atoms with Crippen molar-refractivity contribution in [3.05, 3.63) is 33.8 Å². The minimum atomic E-state index is 0.326. The fraction of sp³-hybridized carbons (Fsp3) is 0.600. The van der Waals surface area contributed by atoms with Gasteiger partial charge in [-0.25, -0.2) is 0 Å². The van der Waals surface area contributed by atoms with Crippen molar-refractivity contribution < 1.29 is 0 Å². The molecule has 3 rings (SSSR count). The lowest BCUT2D eigenvalue weighted by atomic mass is 9.93. The standard InChI is InChI=1S/C15H20Cl2N2/c1-10(11-2-3-13(16)14(17)8-11)18-15-5-7-19-6-4-12(15)9-19/h2-3,8,10,12,15,18H,4-7,9H2,1H3. The number of fused-ring (bicyclic) bond motifs is 2. The third-order valence-corrected chi connectivity index (χ3v) is 5.28.